The normalized spacial score (nSPS) is 19.5. The van der Waals surface area contributed by atoms with Gasteiger partial charge in [-0.2, -0.15) is 0 Å². The van der Waals surface area contributed by atoms with Crippen LogP contribution in [0.3, 0.4) is 0 Å². The van der Waals surface area contributed by atoms with E-state index in [1.54, 1.807) is 6.92 Å². The second-order valence-electron chi connectivity index (χ2n) is 8.20. The van der Waals surface area contributed by atoms with E-state index in [1.807, 2.05) is 43.3 Å². The van der Waals surface area contributed by atoms with Gasteiger partial charge in [0.1, 0.15) is 0 Å². The third-order valence-electron chi connectivity index (χ3n) is 5.60. The molecule has 0 saturated carbocycles. The van der Waals surface area contributed by atoms with Crippen molar-refractivity contribution in [3.05, 3.63) is 59.7 Å². The van der Waals surface area contributed by atoms with Gasteiger partial charge in [0.05, 0.1) is 22.3 Å². The van der Waals surface area contributed by atoms with E-state index < -0.39 is 31.9 Å². The number of nitrogens with zero attached hydrogens (tertiary/aromatic N) is 2. The quantitative estimate of drug-likeness (QED) is 0.622. The predicted octanol–water partition coefficient (Wildman–Crippen LogP) is 2.14. The van der Waals surface area contributed by atoms with Crippen LogP contribution in [-0.2, 0) is 31.3 Å². The number of carbonyl (C=O) groups is 1. The first-order chi connectivity index (χ1) is 15.0. The third-order valence-corrected chi connectivity index (χ3v) is 8.91. The standard InChI is InChI=1S/C22H29N3O5S2/c1-5-17-6-8-18(9-7-17)21(24(3)4)14-23-32(29,30)20-12-10-19(11-13-20)25-22(26)16(2)15-31(25,27)28/h6-13,16,21,23H,5,14-15H2,1-4H3. The Morgan fingerprint density at radius 2 is 1.69 bits per heavy atom. The largest absolute Gasteiger partial charge is 0.301 e. The van der Waals surface area contributed by atoms with Gasteiger partial charge in [-0.25, -0.2) is 25.9 Å². The zero-order valence-electron chi connectivity index (χ0n) is 18.6. The molecule has 0 aromatic heterocycles. The molecule has 8 nitrogen and oxygen atoms in total. The SMILES string of the molecule is CCc1ccc(C(CNS(=O)(=O)c2ccc(N3C(=O)C(C)CS3(=O)=O)cc2)N(C)C)cc1. The zero-order valence-corrected chi connectivity index (χ0v) is 20.3. The van der Waals surface area contributed by atoms with E-state index in [2.05, 4.69) is 11.6 Å². The molecule has 2 atom stereocenters. The van der Waals surface area contributed by atoms with Crippen LogP contribution < -0.4 is 9.03 Å². The maximum Gasteiger partial charge on any atom is 0.244 e. The van der Waals surface area contributed by atoms with E-state index in [-0.39, 0.29) is 28.9 Å². The highest BCUT2D eigenvalue weighted by Crippen LogP contribution is 2.29. The van der Waals surface area contributed by atoms with Gasteiger partial charge in [0.15, 0.2) is 0 Å². The Kier molecular flexibility index (Phi) is 7.09. The lowest BCUT2D eigenvalue weighted by Crippen LogP contribution is -2.34. The molecule has 0 spiro atoms. The minimum Gasteiger partial charge on any atom is -0.301 e. The van der Waals surface area contributed by atoms with Crippen LogP contribution in [0.2, 0.25) is 0 Å². The number of benzene rings is 2. The summed E-state index contributed by atoms with van der Waals surface area (Å²) in [5.41, 5.74) is 2.34. The molecule has 1 N–H and O–H groups in total. The number of amides is 1. The Balaban J connectivity index is 1.76. The lowest BCUT2D eigenvalue weighted by molar-refractivity contribution is -0.119. The number of sulfonamides is 2. The highest BCUT2D eigenvalue weighted by molar-refractivity contribution is 7.94. The average Bonchev–Trinajstić information content (AvgIpc) is 2.94. The number of hydrogen-bond acceptors (Lipinski definition) is 6. The summed E-state index contributed by atoms with van der Waals surface area (Å²) in [6.07, 6.45) is 0.929. The Labute approximate surface area is 190 Å². The summed E-state index contributed by atoms with van der Waals surface area (Å²) < 4.78 is 53.6. The van der Waals surface area contributed by atoms with Crippen LogP contribution in [0.25, 0.3) is 0 Å². The smallest absolute Gasteiger partial charge is 0.244 e. The van der Waals surface area contributed by atoms with E-state index in [9.17, 15) is 21.6 Å². The minimum atomic E-state index is -3.83. The van der Waals surface area contributed by atoms with Crippen molar-refractivity contribution in [2.24, 2.45) is 5.92 Å². The summed E-state index contributed by atoms with van der Waals surface area (Å²) in [4.78, 5) is 14.2. The molecular weight excluding hydrogens is 450 g/mol. The minimum absolute atomic E-state index is 0.00261. The number of nitrogens with one attached hydrogen (secondary N) is 1. The van der Waals surface area contributed by atoms with E-state index in [0.29, 0.717) is 0 Å². The lowest BCUT2D eigenvalue weighted by Gasteiger charge is -2.25. The van der Waals surface area contributed by atoms with Crippen LogP contribution in [0.5, 0.6) is 0 Å². The molecule has 174 valence electrons. The second-order valence-corrected chi connectivity index (χ2v) is 11.8. The Bertz CT molecular complexity index is 1180. The maximum atomic E-state index is 12.8. The first-order valence-corrected chi connectivity index (χ1v) is 13.5. The fourth-order valence-electron chi connectivity index (χ4n) is 3.69. The lowest BCUT2D eigenvalue weighted by atomic mass is 10.0. The molecule has 1 amide bonds. The van der Waals surface area contributed by atoms with Gasteiger partial charge in [-0.15, -0.1) is 0 Å². The molecule has 1 aliphatic heterocycles. The molecule has 2 aromatic carbocycles. The molecule has 32 heavy (non-hydrogen) atoms. The number of rotatable bonds is 8. The van der Waals surface area contributed by atoms with Gasteiger partial charge in [0, 0.05) is 12.6 Å². The van der Waals surface area contributed by atoms with Crippen molar-refractivity contribution in [3.63, 3.8) is 0 Å². The van der Waals surface area contributed by atoms with Crippen molar-refractivity contribution in [2.45, 2.75) is 31.2 Å². The van der Waals surface area contributed by atoms with Gasteiger partial charge in [-0.3, -0.25) is 4.79 Å². The summed E-state index contributed by atoms with van der Waals surface area (Å²) in [5.74, 6) is -1.39. The maximum absolute atomic E-state index is 12.8. The van der Waals surface area contributed by atoms with Gasteiger partial charge in [-0.1, -0.05) is 38.1 Å². The van der Waals surface area contributed by atoms with Crippen molar-refractivity contribution in [1.29, 1.82) is 0 Å². The summed E-state index contributed by atoms with van der Waals surface area (Å²) in [5, 5.41) is 0. The molecule has 3 rings (SSSR count). The van der Waals surface area contributed by atoms with E-state index in [1.165, 1.54) is 29.8 Å². The third kappa shape index (κ3) is 5.03. The molecule has 10 heteroatoms. The van der Waals surface area contributed by atoms with Crippen molar-refractivity contribution >= 4 is 31.6 Å². The number of carbonyl (C=O) groups excluding carboxylic acids is 1. The summed E-state index contributed by atoms with van der Waals surface area (Å²) in [6, 6.07) is 13.2. The molecule has 0 bridgehead atoms. The molecule has 1 saturated heterocycles. The first-order valence-electron chi connectivity index (χ1n) is 10.4. The predicted molar refractivity (Wildman–Crippen MR) is 124 cm³/mol. The van der Waals surface area contributed by atoms with Crippen molar-refractivity contribution in [1.82, 2.24) is 9.62 Å². The van der Waals surface area contributed by atoms with Gasteiger partial charge >= 0.3 is 0 Å². The van der Waals surface area contributed by atoms with Crippen LogP contribution >= 0.6 is 0 Å². The number of anilines is 1. The topological polar surface area (TPSA) is 104 Å². The Morgan fingerprint density at radius 1 is 1.09 bits per heavy atom. The molecule has 0 radical (unpaired) electrons. The van der Waals surface area contributed by atoms with E-state index >= 15 is 0 Å². The zero-order chi connectivity index (χ0) is 23.7. The van der Waals surface area contributed by atoms with Crippen molar-refractivity contribution in [3.8, 4) is 0 Å². The summed E-state index contributed by atoms with van der Waals surface area (Å²) in [7, 11) is -3.80. The monoisotopic (exact) mass is 479 g/mol. The molecule has 1 fully saturated rings. The summed E-state index contributed by atoms with van der Waals surface area (Å²) >= 11 is 0. The highest BCUT2D eigenvalue weighted by atomic mass is 32.2. The Hall–Kier alpha value is -2.27. The summed E-state index contributed by atoms with van der Waals surface area (Å²) in [6.45, 7) is 3.80. The Morgan fingerprint density at radius 3 is 2.16 bits per heavy atom. The van der Waals surface area contributed by atoms with Crippen LogP contribution in [0, 0.1) is 5.92 Å². The molecule has 2 aromatic rings. The molecule has 2 unspecified atom stereocenters. The van der Waals surface area contributed by atoms with Gasteiger partial charge < -0.3 is 4.90 Å². The number of likely N-dealkylation sites (N-methyl/N-ethyl adjacent to an activating group) is 1. The molecule has 1 aliphatic rings. The van der Waals surface area contributed by atoms with Crippen molar-refractivity contribution in [2.75, 3.05) is 30.7 Å². The van der Waals surface area contributed by atoms with Crippen molar-refractivity contribution < 1.29 is 21.6 Å². The van der Waals surface area contributed by atoms with Gasteiger partial charge in [0.2, 0.25) is 26.0 Å². The fourth-order valence-corrected chi connectivity index (χ4v) is 6.55. The fraction of sp³-hybridized carbons (Fsp3) is 0.409. The molecular formula is C22H29N3O5S2. The van der Waals surface area contributed by atoms with Gasteiger partial charge in [0.25, 0.3) is 0 Å². The average molecular weight is 480 g/mol. The number of hydrogen-bond donors (Lipinski definition) is 1. The number of aryl methyl sites for hydroxylation is 1. The molecule has 0 aliphatic carbocycles. The van der Waals surface area contributed by atoms with E-state index in [4.69, 9.17) is 0 Å². The van der Waals surface area contributed by atoms with Crippen LogP contribution in [-0.4, -0.2) is 54.0 Å². The van der Waals surface area contributed by atoms with Crippen LogP contribution in [0.1, 0.15) is 31.0 Å². The van der Waals surface area contributed by atoms with Crippen LogP contribution in [0.15, 0.2) is 53.4 Å². The molecule has 1 heterocycles. The first kappa shape index (κ1) is 24.4. The second kappa shape index (κ2) is 9.30. The van der Waals surface area contributed by atoms with Crippen LogP contribution in [0.4, 0.5) is 5.69 Å². The van der Waals surface area contributed by atoms with E-state index in [0.717, 1.165) is 16.3 Å². The van der Waals surface area contributed by atoms with Gasteiger partial charge in [-0.05, 0) is 55.9 Å². The highest BCUT2D eigenvalue weighted by Gasteiger charge is 2.42.